The Labute approximate surface area is 66.0 Å². The van der Waals surface area contributed by atoms with Crippen LogP contribution in [0.3, 0.4) is 0 Å². The number of aldehydes is 1. The Kier molecular flexibility index (Phi) is 2.42. The number of alkyl halides is 2. The Bertz CT molecular complexity index is 301. The van der Waals surface area contributed by atoms with E-state index in [2.05, 4.69) is 4.98 Å². The van der Waals surface area contributed by atoms with Gasteiger partial charge in [-0.2, -0.15) is 0 Å². The van der Waals surface area contributed by atoms with Crippen molar-refractivity contribution >= 4 is 6.29 Å². The van der Waals surface area contributed by atoms with E-state index < -0.39 is 23.5 Å². The van der Waals surface area contributed by atoms with Gasteiger partial charge in [-0.05, 0) is 6.07 Å². The number of hydrogen-bond donors (Lipinski definition) is 0. The molecule has 1 heterocycles. The molecule has 0 amide bonds. The number of nitrogens with zero attached hydrogens (tertiary/aromatic N) is 1. The molecule has 0 aliphatic carbocycles. The van der Waals surface area contributed by atoms with Crippen LogP contribution >= 0.6 is 0 Å². The van der Waals surface area contributed by atoms with Gasteiger partial charge in [0.25, 0.3) is 6.43 Å². The van der Waals surface area contributed by atoms with E-state index in [0.29, 0.717) is 0 Å². The largest absolute Gasteiger partial charge is 0.298 e. The van der Waals surface area contributed by atoms with E-state index in [1.807, 2.05) is 0 Å². The number of carbonyl (C=O) groups excluding carboxylic acids is 1. The number of hydrogen-bond acceptors (Lipinski definition) is 2. The molecule has 0 aliphatic heterocycles. The zero-order valence-corrected chi connectivity index (χ0v) is 5.80. The molecule has 0 saturated heterocycles. The minimum absolute atomic E-state index is 0.170. The van der Waals surface area contributed by atoms with Crippen molar-refractivity contribution in [3.05, 3.63) is 29.3 Å². The van der Waals surface area contributed by atoms with Gasteiger partial charge in [0, 0.05) is 6.20 Å². The van der Waals surface area contributed by atoms with E-state index in [4.69, 9.17) is 0 Å². The fourth-order valence-electron chi connectivity index (χ4n) is 0.719. The van der Waals surface area contributed by atoms with Gasteiger partial charge < -0.3 is 0 Å². The molecular weight excluding hydrogens is 171 g/mol. The van der Waals surface area contributed by atoms with E-state index >= 15 is 0 Å². The summed E-state index contributed by atoms with van der Waals surface area (Å²) >= 11 is 0. The second-order valence-electron chi connectivity index (χ2n) is 2.02. The minimum atomic E-state index is -3.00. The molecule has 1 rings (SSSR count). The fraction of sp³-hybridized carbons (Fsp3) is 0.143. The Morgan fingerprint density at radius 1 is 1.50 bits per heavy atom. The highest BCUT2D eigenvalue weighted by Crippen LogP contribution is 2.20. The molecule has 12 heavy (non-hydrogen) atoms. The van der Waals surface area contributed by atoms with Crippen molar-refractivity contribution in [2.24, 2.45) is 0 Å². The van der Waals surface area contributed by atoms with Crippen LogP contribution in [0, 0.1) is 5.82 Å². The third-order valence-corrected chi connectivity index (χ3v) is 1.28. The van der Waals surface area contributed by atoms with Crippen LogP contribution in [0.1, 0.15) is 22.5 Å². The topological polar surface area (TPSA) is 30.0 Å². The maximum Gasteiger partial charge on any atom is 0.283 e. The van der Waals surface area contributed by atoms with Gasteiger partial charge in [-0.15, -0.1) is 0 Å². The third kappa shape index (κ3) is 1.44. The molecule has 0 radical (unpaired) electrons. The van der Waals surface area contributed by atoms with Crippen LogP contribution < -0.4 is 0 Å². The first-order chi connectivity index (χ1) is 5.66. The second-order valence-corrected chi connectivity index (χ2v) is 2.02. The van der Waals surface area contributed by atoms with E-state index in [9.17, 15) is 18.0 Å². The van der Waals surface area contributed by atoms with Gasteiger partial charge in [-0.25, -0.2) is 13.2 Å². The van der Waals surface area contributed by atoms with E-state index in [1.54, 1.807) is 0 Å². The molecule has 2 nitrogen and oxygen atoms in total. The molecule has 0 aromatic carbocycles. The van der Waals surface area contributed by atoms with Gasteiger partial charge >= 0.3 is 0 Å². The zero-order chi connectivity index (χ0) is 9.14. The van der Waals surface area contributed by atoms with Crippen LogP contribution in [0.2, 0.25) is 0 Å². The van der Waals surface area contributed by atoms with Gasteiger partial charge in [0.2, 0.25) is 0 Å². The quantitative estimate of drug-likeness (QED) is 0.643. The molecule has 0 aliphatic rings. The summed E-state index contributed by atoms with van der Waals surface area (Å²) in [6.07, 6.45) is -1.86. The number of halogens is 3. The van der Waals surface area contributed by atoms with Gasteiger partial charge in [0.05, 0.1) is 5.56 Å². The van der Waals surface area contributed by atoms with Crippen LogP contribution in [0.4, 0.5) is 13.2 Å². The van der Waals surface area contributed by atoms with Gasteiger partial charge in [-0.3, -0.25) is 9.78 Å². The molecule has 1 aromatic rings. The highest BCUT2D eigenvalue weighted by atomic mass is 19.3. The molecule has 0 fully saturated rings. The standard InChI is InChI=1S/C7H4F3NO/c8-5-4(3-12)1-2-11-6(5)7(9)10/h1-3,7H. The average Bonchev–Trinajstić information content (AvgIpc) is 2.04. The van der Waals surface area contributed by atoms with Crippen LogP contribution in [0.25, 0.3) is 0 Å². The van der Waals surface area contributed by atoms with E-state index in [-0.39, 0.29) is 6.29 Å². The summed E-state index contributed by atoms with van der Waals surface area (Å²) < 4.78 is 36.6. The van der Waals surface area contributed by atoms with Crippen molar-refractivity contribution in [1.82, 2.24) is 4.98 Å². The summed E-state index contributed by atoms with van der Waals surface area (Å²) in [6, 6.07) is 1.04. The molecule has 0 N–H and O–H groups in total. The maximum absolute atomic E-state index is 12.7. The zero-order valence-electron chi connectivity index (χ0n) is 5.80. The van der Waals surface area contributed by atoms with Crippen LogP contribution in [0.5, 0.6) is 0 Å². The predicted octanol–water partition coefficient (Wildman–Crippen LogP) is 1.97. The predicted molar refractivity (Wildman–Crippen MR) is 34.5 cm³/mol. The highest BCUT2D eigenvalue weighted by Gasteiger charge is 2.17. The van der Waals surface area contributed by atoms with Crippen LogP contribution in [-0.2, 0) is 0 Å². The lowest BCUT2D eigenvalue weighted by atomic mass is 10.2. The molecular formula is C7H4F3NO. The number of pyridine rings is 1. The lowest BCUT2D eigenvalue weighted by Gasteiger charge is -2.00. The fourth-order valence-corrected chi connectivity index (χ4v) is 0.719. The summed E-state index contributed by atoms with van der Waals surface area (Å²) in [5.74, 6) is -1.25. The van der Waals surface area contributed by atoms with Gasteiger partial charge in [0.1, 0.15) is 5.69 Å². The molecule has 0 bridgehead atoms. The smallest absolute Gasteiger partial charge is 0.283 e. The Balaban J connectivity index is 3.22. The summed E-state index contributed by atoms with van der Waals surface area (Å²) in [6.45, 7) is 0. The first kappa shape index (κ1) is 8.70. The molecule has 1 aromatic heterocycles. The van der Waals surface area contributed by atoms with Gasteiger partial charge in [-0.1, -0.05) is 0 Å². The first-order valence-corrected chi connectivity index (χ1v) is 3.04. The SMILES string of the molecule is O=Cc1ccnc(C(F)F)c1F. The van der Waals surface area contributed by atoms with Crippen LogP contribution in [-0.4, -0.2) is 11.3 Å². The summed E-state index contributed by atoms with van der Waals surface area (Å²) in [4.78, 5) is 13.2. The van der Waals surface area contributed by atoms with Crippen molar-refractivity contribution in [3.8, 4) is 0 Å². The number of carbonyl (C=O) groups is 1. The van der Waals surface area contributed by atoms with E-state index in [0.717, 1.165) is 12.3 Å². The van der Waals surface area contributed by atoms with Crippen molar-refractivity contribution in [3.63, 3.8) is 0 Å². The molecule has 0 spiro atoms. The van der Waals surface area contributed by atoms with Crippen molar-refractivity contribution in [2.75, 3.05) is 0 Å². The average molecular weight is 175 g/mol. The highest BCUT2D eigenvalue weighted by molar-refractivity contribution is 5.75. The Morgan fingerprint density at radius 3 is 2.67 bits per heavy atom. The van der Waals surface area contributed by atoms with Gasteiger partial charge in [0.15, 0.2) is 12.1 Å². The Morgan fingerprint density at radius 2 is 2.17 bits per heavy atom. The minimum Gasteiger partial charge on any atom is -0.298 e. The van der Waals surface area contributed by atoms with Crippen molar-refractivity contribution < 1.29 is 18.0 Å². The molecule has 0 atom stereocenters. The first-order valence-electron chi connectivity index (χ1n) is 3.04. The molecule has 0 unspecified atom stereocenters. The lowest BCUT2D eigenvalue weighted by Crippen LogP contribution is -1.99. The summed E-state index contributed by atoms with van der Waals surface area (Å²) in [5.41, 5.74) is -1.39. The normalized spacial score (nSPS) is 10.3. The van der Waals surface area contributed by atoms with Crippen molar-refractivity contribution in [1.29, 1.82) is 0 Å². The number of aromatic nitrogens is 1. The Hall–Kier alpha value is -1.39. The molecule has 64 valence electrons. The maximum atomic E-state index is 12.7. The summed E-state index contributed by atoms with van der Waals surface area (Å²) in [5, 5.41) is 0. The monoisotopic (exact) mass is 175 g/mol. The third-order valence-electron chi connectivity index (χ3n) is 1.28. The van der Waals surface area contributed by atoms with Crippen molar-refractivity contribution in [2.45, 2.75) is 6.43 Å². The lowest BCUT2D eigenvalue weighted by molar-refractivity contribution is 0.111. The second kappa shape index (κ2) is 3.34. The van der Waals surface area contributed by atoms with Crippen LogP contribution in [0.15, 0.2) is 12.3 Å². The molecule has 0 saturated carbocycles. The van der Waals surface area contributed by atoms with E-state index in [1.165, 1.54) is 0 Å². The number of rotatable bonds is 2. The summed E-state index contributed by atoms with van der Waals surface area (Å²) in [7, 11) is 0. The molecule has 5 heteroatoms.